The van der Waals surface area contributed by atoms with Gasteiger partial charge in [0, 0.05) is 6.61 Å². The molecule has 0 aliphatic heterocycles. The summed E-state index contributed by atoms with van der Waals surface area (Å²) in [6, 6.07) is 0. The predicted molar refractivity (Wildman–Crippen MR) is 38.4 cm³/mol. The fraction of sp³-hybridized carbons (Fsp3) is 1.00. The molecule has 9 heavy (non-hydrogen) atoms. The number of rotatable bonds is 4. The molecule has 0 amide bonds. The van der Waals surface area contributed by atoms with Crippen molar-refractivity contribution in [3.8, 4) is 0 Å². The molecule has 0 aromatic carbocycles. The second kappa shape index (κ2) is 4.30. The molecule has 1 radical (unpaired) electrons. The van der Waals surface area contributed by atoms with Crippen LogP contribution in [0.25, 0.3) is 0 Å². The molecule has 0 aromatic rings. The first-order valence-corrected chi connectivity index (χ1v) is 4.84. The van der Waals surface area contributed by atoms with Crippen LogP contribution in [0.15, 0.2) is 0 Å². The van der Waals surface area contributed by atoms with E-state index in [0.29, 0.717) is 6.61 Å². The molecule has 53 valence electrons. The van der Waals surface area contributed by atoms with E-state index in [2.05, 4.69) is 0 Å². The fourth-order valence-electron chi connectivity index (χ4n) is 0.665. The Labute approximate surface area is 63.6 Å². The monoisotopic (exact) mass is 145 g/mol. The molecular weight excluding hydrogens is 131 g/mol. The van der Waals surface area contributed by atoms with E-state index in [0.717, 1.165) is 0 Å². The standard InChI is InChI=1S/C5H11O2.CH3.Al/c1-4-7-5(2,3)6;;/h4H2,1-3H3;1H3;/q-1;;+1. The first-order valence-electron chi connectivity index (χ1n) is 3.22. The predicted octanol–water partition coefficient (Wildman–Crippen LogP) is 1.44. The number of hydrogen-bond acceptors (Lipinski definition) is 2. The van der Waals surface area contributed by atoms with E-state index in [1.807, 2.05) is 26.6 Å². The maximum absolute atomic E-state index is 5.33. The van der Waals surface area contributed by atoms with Crippen LogP contribution in [0.3, 0.4) is 0 Å². The van der Waals surface area contributed by atoms with E-state index in [1.165, 1.54) is 0 Å². The number of hydrogen-bond donors (Lipinski definition) is 0. The van der Waals surface area contributed by atoms with Gasteiger partial charge in [0.15, 0.2) is 0 Å². The summed E-state index contributed by atoms with van der Waals surface area (Å²) < 4.78 is 10.6. The van der Waals surface area contributed by atoms with Crippen LogP contribution < -0.4 is 0 Å². The second-order valence-electron chi connectivity index (χ2n) is 2.19. The molecule has 0 rings (SSSR count). The van der Waals surface area contributed by atoms with E-state index in [-0.39, 0.29) is 21.3 Å². The summed E-state index contributed by atoms with van der Waals surface area (Å²) in [6.45, 7) is 6.56. The van der Waals surface area contributed by atoms with Gasteiger partial charge in [0.25, 0.3) is 0 Å². The van der Waals surface area contributed by atoms with E-state index < -0.39 is 0 Å². The van der Waals surface area contributed by atoms with Crippen molar-refractivity contribution in [2.75, 3.05) is 6.61 Å². The van der Waals surface area contributed by atoms with Crippen LogP contribution in [0.2, 0.25) is 5.79 Å². The maximum atomic E-state index is 5.33. The topological polar surface area (TPSA) is 18.5 Å². The Bertz CT molecular complexity index is 65.5. The van der Waals surface area contributed by atoms with E-state index in [9.17, 15) is 0 Å². The summed E-state index contributed by atoms with van der Waals surface area (Å²) in [5.74, 6) is 1.68. The summed E-state index contributed by atoms with van der Waals surface area (Å²) >= 11 is 0.0793. The third kappa shape index (κ3) is 4.93. The Hall–Kier alpha value is 0.452. The highest BCUT2D eigenvalue weighted by Gasteiger charge is 2.14. The third-order valence-electron chi connectivity index (χ3n) is 0.894. The molecule has 0 bridgehead atoms. The van der Waals surface area contributed by atoms with Crippen molar-refractivity contribution in [2.24, 2.45) is 0 Å². The molecule has 0 N–H and O–H groups in total. The van der Waals surface area contributed by atoms with Crippen molar-refractivity contribution >= 4 is 15.6 Å². The lowest BCUT2D eigenvalue weighted by Gasteiger charge is -2.25. The zero-order valence-corrected chi connectivity index (χ0v) is 7.76. The van der Waals surface area contributed by atoms with Gasteiger partial charge in [0.2, 0.25) is 0 Å². The molecule has 0 aliphatic rings. The summed E-state index contributed by atoms with van der Waals surface area (Å²) in [7, 11) is 0. The molecule has 2 nitrogen and oxygen atoms in total. The average molecular weight is 145 g/mol. The van der Waals surface area contributed by atoms with Crippen molar-refractivity contribution in [2.45, 2.75) is 32.3 Å². The van der Waals surface area contributed by atoms with Gasteiger partial charge in [-0.15, -0.1) is 0 Å². The molecule has 0 aromatic heterocycles. The Kier molecular flexibility index (Phi) is 4.51. The fourth-order valence-corrected chi connectivity index (χ4v) is 1.30. The van der Waals surface area contributed by atoms with Crippen molar-refractivity contribution in [1.82, 2.24) is 0 Å². The SMILES string of the molecule is CCOC(C)(C)[O][Al][CH3]. The molecule has 3 heteroatoms. The third-order valence-corrected chi connectivity index (χ3v) is 1.70. The molecule has 0 fully saturated rings. The normalized spacial score (nSPS) is 11.6. The lowest BCUT2D eigenvalue weighted by molar-refractivity contribution is -0.152. The highest BCUT2D eigenvalue weighted by Crippen LogP contribution is 2.08. The van der Waals surface area contributed by atoms with Crippen molar-refractivity contribution in [3.05, 3.63) is 0 Å². The Morgan fingerprint density at radius 2 is 2.00 bits per heavy atom. The Morgan fingerprint density at radius 1 is 1.44 bits per heavy atom. The van der Waals surface area contributed by atoms with Gasteiger partial charge in [-0.2, -0.15) is 0 Å². The van der Waals surface area contributed by atoms with Gasteiger partial charge in [0.1, 0.15) is 5.79 Å². The van der Waals surface area contributed by atoms with Crippen molar-refractivity contribution in [1.29, 1.82) is 0 Å². The maximum Gasteiger partial charge on any atom is 0.423 e. The zero-order chi connectivity index (χ0) is 7.33. The summed E-state index contributed by atoms with van der Waals surface area (Å²) in [6.07, 6.45) is 0. The molecule has 0 saturated heterocycles. The van der Waals surface area contributed by atoms with Gasteiger partial charge in [-0.25, -0.2) is 0 Å². The molecule has 0 aliphatic carbocycles. The van der Waals surface area contributed by atoms with Crippen molar-refractivity contribution < 1.29 is 8.53 Å². The van der Waals surface area contributed by atoms with Gasteiger partial charge < -0.3 is 8.53 Å². The minimum Gasteiger partial charge on any atom is -0.483 e. The van der Waals surface area contributed by atoms with Crippen LogP contribution in [-0.2, 0) is 8.53 Å². The highest BCUT2D eigenvalue weighted by molar-refractivity contribution is 6.24. The van der Waals surface area contributed by atoms with Gasteiger partial charge in [-0.3, -0.25) is 0 Å². The molecule has 0 spiro atoms. The lowest BCUT2D eigenvalue weighted by atomic mass is 10.4. The number of ether oxygens (including phenoxy) is 1. The zero-order valence-electron chi connectivity index (χ0n) is 6.60. The van der Waals surface area contributed by atoms with E-state index in [1.54, 1.807) is 0 Å². The van der Waals surface area contributed by atoms with Crippen LogP contribution in [0, 0.1) is 0 Å². The van der Waals surface area contributed by atoms with Gasteiger partial charge in [-0.05, 0) is 20.8 Å². The molecule has 0 heterocycles. The highest BCUT2D eigenvalue weighted by atomic mass is 27.1. The Balaban J connectivity index is 3.43. The first-order chi connectivity index (χ1) is 4.12. The van der Waals surface area contributed by atoms with Crippen LogP contribution >= 0.6 is 0 Å². The van der Waals surface area contributed by atoms with Crippen LogP contribution in [0.4, 0.5) is 0 Å². The van der Waals surface area contributed by atoms with Gasteiger partial charge in [-0.1, -0.05) is 5.79 Å². The lowest BCUT2D eigenvalue weighted by Crippen LogP contribution is -2.29. The quantitative estimate of drug-likeness (QED) is 0.440. The first kappa shape index (κ1) is 9.45. The van der Waals surface area contributed by atoms with Crippen LogP contribution in [0.5, 0.6) is 0 Å². The molecule has 0 saturated carbocycles. The molecule has 0 unspecified atom stereocenters. The largest absolute Gasteiger partial charge is 0.483 e. The van der Waals surface area contributed by atoms with Crippen LogP contribution in [-0.4, -0.2) is 27.9 Å². The Morgan fingerprint density at radius 3 is 2.33 bits per heavy atom. The minimum atomic E-state index is -0.362. The average Bonchev–Trinajstić information content (AvgIpc) is 1.64. The second-order valence-corrected chi connectivity index (χ2v) is 2.89. The van der Waals surface area contributed by atoms with E-state index in [4.69, 9.17) is 8.53 Å². The summed E-state index contributed by atoms with van der Waals surface area (Å²) in [5.41, 5.74) is 0. The summed E-state index contributed by atoms with van der Waals surface area (Å²) in [5, 5.41) is 0. The van der Waals surface area contributed by atoms with E-state index >= 15 is 0 Å². The minimum absolute atomic E-state index is 0.0793. The molecule has 0 atom stereocenters. The van der Waals surface area contributed by atoms with Crippen molar-refractivity contribution in [3.63, 3.8) is 0 Å². The smallest absolute Gasteiger partial charge is 0.423 e. The van der Waals surface area contributed by atoms with Crippen LogP contribution in [0.1, 0.15) is 20.8 Å². The molecular formula is C6H14AlO2. The van der Waals surface area contributed by atoms with Gasteiger partial charge in [0.05, 0.1) is 0 Å². The van der Waals surface area contributed by atoms with Gasteiger partial charge >= 0.3 is 15.6 Å². The summed E-state index contributed by atoms with van der Waals surface area (Å²) in [4.78, 5) is 0.